The van der Waals surface area contributed by atoms with Gasteiger partial charge in [-0.3, -0.25) is 4.79 Å². The zero-order valence-corrected chi connectivity index (χ0v) is 9.47. The van der Waals surface area contributed by atoms with Crippen LogP contribution >= 0.6 is 0 Å². The molecule has 1 aromatic heterocycles. The summed E-state index contributed by atoms with van der Waals surface area (Å²) in [5.41, 5.74) is 7.86. The molecule has 4 heteroatoms. The number of anilines is 3. The topological polar surface area (TPSA) is 68.0 Å². The van der Waals surface area contributed by atoms with Crippen molar-refractivity contribution in [1.29, 1.82) is 0 Å². The minimum atomic E-state index is 0.0454. The van der Waals surface area contributed by atoms with Gasteiger partial charge < -0.3 is 11.1 Å². The summed E-state index contributed by atoms with van der Waals surface area (Å²) in [4.78, 5) is 15.2. The number of hydrogen-bond acceptors (Lipinski definition) is 4. The van der Waals surface area contributed by atoms with Gasteiger partial charge in [-0.2, -0.15) is 0 Å². The number of nitrogens with one attached hydrogen (secondary N) is 1. The second-order valence-corrected chi connectivity index (χ2v) is 3.73. The molecule has 0 saturated carbocycles. The summed E-state index contributed by atoms with van der Waals surface area (Å²) in [6.07, 6.45) is 1.65. The molecule has 2 aromatic rings. The van der Waals surface area contributed by atoms with Crippen LogP contribution in [-0.4, -0.2) is 10.8 Å². The predicted molar refractivity (Wildman–Crippen MR) is 68.4 cm³/mol. The van der Waals surface area contributed by atoms with E-state index in [1.165, 1.54) is 0 Å². The summed E-state index contributed by atoms with van der Waals surface area (Å²) in [6, 6.07) is 10.9. The van der Waals surface area contributed by atoms with Crippen LogP contribution in [0.15, 0.2) is 42.6 Å². The van der Waals surface area contributed by atoms with Crippen molar-refractivity contribution in [2.75, 3.05) is 11.1 Å². The fraction of sp³-hybridized carbons (Fsp3) is 0.0769. The highest BCUT2D eigenvalue weighted by molar-refractivity contribution is 5.95. The molecule has 86 valence electrons. The molecule has 0 spiro atoms. The highest BCUT2D eigenvalue weighted by Crippen LogP contribution is 2.17. The molecule has 0 aliphatic carbocycles. The number of nitrogen functional groups attached to an aromatic ring is 1. The lowest BCUT2D eigenvalue weighted by Crippen LogP contribution is -1.96. The van der Waals surface area contributed by atoms with E-state index < -0.39 is 0 Å². The number of carbonyl (C=O) groups excluding carboxylic acids is 1. The van der Waals surface area contributed by atoms with Crippen molar-refractivity contribution >= 4 is 23.0 Å². The lowest BCUT2D eigenvalue weighted by atomic mass is 10.1. The molecule has 0 aliphatic heterocycles. The smallest absolute Gasteiger partial charge is 0.159 e. The van der Waals surface area contributed by atoms with Gasteiger partial charge in [-0.05, 0) is 31.2 Å². The van der Waals surface area contributed by atoms with E-state index in [9.17, 15) is 4.79 Å². The van der Waals surface area contributed by atoms with Crippen LogP contribution in [-0.2, 0) is 0 Å². The molecular formula is C13H13N3O. The minimum Gasteiger partial charge on any atom is -0.384 e. The summed E-state index contributed by atoms with van der Waals surface area (Å²) in [6.45, 7) is 1.55. The molecule has 0 aliphatic rings. The van der Waals surface area contributed by atoms with Crippen molar-refractivity contribution in [1.82, 2.24) is 4.98 Å². The SMILES string of the molecule is CC(=O)c1cccc(Nc2ccc(N)nc2)c1. The van der Waals surface area contributed by atoms with Gasteiger partial charge in [0.25, 0.3) is 0 Å². The maximum atomic E-state index is 11.2. The Morgan fingerprint density at radius 2 is 2.06 bits per heavy atom. The highest BCUT2D eigenvalue weighted by atomic mass is 16.1. The van der Waals surface area contributed by atoms with Crippen LogP contribution in [0.4, 0.5) is 17.2 Å². The average Bonchev–Trinajstić information content (AvgIpc) is 2.32. The van der Waals surface area contributed by atoms with E-state index in [0.29, 0.717) is 11.4 Å². The van der Waals surface area contributed by atoms with Crippen molar-refractivity contribution in [2.45, 2.75) is 6.92 Å². The number of rotatable bonds is 3. The first kappa shape index (κ1) is 11.1. The molecule has 0 atom stereocenters. The average molecular weight is 227 g/mol. The van der Waals surface area contributed by atoms with E-state index >= 15 is 0 Å². The number of Topliss-reactive ketones (excluding diaryl/α,β-unsaturated/α-hetero) is 1. The maximum absolute atomic E-state index is 11.2. The zero-order chi connectivity index (χ0) is 12.3. The van der Waals surface area contributed by atoms with E-state index in [4.69, 9.17) is 5.73 Å². The Labute approximate surface area is 99.5 Å². The van der Waals surface area contributed by atoms with Crippen LogP contribution in [0.1, 0.15) is 17.3 Å². The zero-order valence-electron chi connectivity index (χ0n) is 9.47. The third-order valence-electron chi connectivity index (χ3n) is 2.34. The van der Waals surface area contributed by atoms with Crippen LogP contribution in [0.3, 0.4) is 0 Å². The second kappa shape index (κ2) is 4.65. The monoisotopic (exact) mass is 227 g/mol. The van der Waals surface area contributed by atoms with Crippen LogP contribution in [0.2, 0.25) is 0 Å². The molecule has 0 saturated heterocycles. The van der Waals surface area contributed by atoms with Crippen molar-refractivity contribution in [2.24, 2.45) is 0 Å². The van der Waals surface area contributed by atoms with Gasteiger partial charge in [0.15, 0.2) is 5.78 Å². The Hall–Kier alpha value is -2.36. The molecule has 3 N–H and O–H groups in total. The fourth-order valence-corrected chi connectivity index (χ4v) is 1.46. The number of hydrogen-bond donors (Lipinski definition) is 2. The first-order valence-corrected chi connectivity index (χ1v) is 5.25. The number of benzene rings is 1. The van der Waals surface area contributed by atoms with Gasteiger partial charge in [0.1, 0.15) is 5.82 Å². The number of nitrogens with zero attached hydrogens (tertiary/aromatic N) is 1. The quantitative estimate of drug-likeness (QED) is 0.791. The summed E-state index contributed by atoms with van der Waals surface area (Å²) in [7, 11) is 0. The van der Waals surface area contributed by atoms with E-state index in [1.807, 2.05) is 18.2 Å². The number of pyridine rings is 1. The lowest BCUT2D eigenvalue weighted by molar-refractivity contribution is 0.101. The summed E-state index contributed by atoms with van der Waals surface area (Å²) >= 11 is 0. The van der Waals surface area contributed by atoms with Crippen molar-refractivity contribution in [3.8, 4) is 0 Å². The molecule has 4 nitrogen and oxygen atoms in total. The van der Waals surface area contributed by atoms with Gasteiger partial charge in [-0.25, -0.2) is 4.98 Å². The van der Waals surface area contributed by atoms with E-state index in [2.05, 4.69) is 10.3 Å². The standard InChI is InChI=1S/C13H13N3O/c1-9(17)10-3-2-4-11(7-10)16-12-5-6-13(14)15-8-12/h2-8,16H,1H3,(H2,14,15). The third kappa shape index (κ3) is 2.81. The largest absolute Gasteiger partial charge is 0.384 e. The summed E-state index contributed by atoms with van der Waals surface area (Å²) < 4.78 is 0. The molecule has 1 aromatic carbocycles. The van der Waals surface area contributed by atoms with Gasteiger partial charge >= 0.3 is 0 Å². The normalized spacial score (nSPS) is 9.94. The van der Waals surface area contributed by atoms with Gasteiger partial charge in [0.05, 0.1) is 11.9 Å². The molecule has 0 radical (unpaired) electrons. The van der Waals surface area contributed by atoms with Crippen molar-refractivity contribution in [3.05, 3.63) is 48.2 Å². The molecule has 0 amide bonds. The lowest BCUT2D eigenvalue weighted by Gasteiger charge is -2.07. The van der Waals surface area contributed by atoms with Gasteiger partial charge in [0, 0.05) is 11.3 Å². The van der Waals surface area contributed by atoms with Crippen LogP contribution in [0.5, 0.6) is 0 Å². The third-order valence-corrected chi connectivity index (χ3v) is 2.34. The van der Waals surface area contributed by atoms with Crippen LogP contribution < -0.4 is 11.1 Å². The molecule has 0 unspecified atom stereocenters. The number of aromatic nitrogens is 1. The Morgan fingerprint density at radius 1 is 1.24 bits per heavy atom. The first-order chi connectivity index (χ1) is 8.15. The molecule has 1 heterocycles. The van der Waals surface area contributed by atoms with Gasteiger partial charge in [-0.15, -0.1) is 0 Å². The minimum absolute atomic E-state index is 0.0454. The molecule has 0 bridgehead atoms. The van der Waals surface area contributed by atoms with Crippen molar-refractivity contribution < 1.29 is 4.79 Å². The van der Waals surface area contributed by atoms with Gasteiger partial charge in [0.2, 0.25) is 0 Å². The fourth-order valence-electron chi connectivity index (χ4n) is 1.46. The molecular weight excluding hydrogens is 214 g/mol. The van der Waals surface area contributed by atoms with Crippen LogP contribution in [0, 0.1) is 0 Å². The Balaban J connectivity index is 2.21. The molecule has 0 fully saturated rings. The Kier molecular flexibility index (Phi) is 3.05. The van der Waals surface area contributed by atoms with E-state index in [1.54, 1.807) is 31.3 Å². The maximum Gasteiger partial charge on any atom is 0.159 e. The van der Waals surface area contributed by atoms with E-state index in [-0.39, 0.29) is 5.78 Å². The summed E-state index contributed by atoms with van der Waals surface area (Å²) in [5.74, 6) is 0.525. The number of ketones is 1. The Morgan fingerprint density at radius 3 is 2.71 bits per heavy atom. The van der Waals surface area contributed by atoms with Crippen molar-refractivity contribution in [3.63, 3.8) is 0 Å². The second-order valence-electron chi connectivity index (χ2n) is 3.73. The highest BCUT2D eigenvalue weighted by Gasteiger charge is 2.00. The summed E-state index contributed by atoms with van der Waals surface area (Å²) in [5, 5.41) is 3.16. The number of carbonyl (C=O) groups is 1. The van der Waals surface area contributed by atoms with E-state index in [0.717, 1.165) is 11.4 Å². The first-order valence-electron chi connectivity index (χ1n) is 5.25. The predicted octanol–water partition coefficient (Wildman–Crippen LogP) is 2.61. The van der Waals surface area contributed by atoms with Crippen LogP contribution in [0.25, 0.3) is 0 Å². The van der Waals surface area contributed by atoms with Gasteiger partial charge in [-0.1, -0.05) is 12.1 Å². The molecule has 2 rings (SSSR count). The Bertz CT molecular complexity index is 535. The molecule has 17 heavy (non-hydrogen) atoms. The number of nitrogens with two attached hydrogens (primary N) is 1.